The van der Waals surface area contributed by atoms with Crippen LogP contribution in [0.1, 0.15) is 40.0 Å². The number of rotatable bonds is 3. The van der Waals surface area contributed by atoms with Gasteiger partial charge in [-0.3, -0.25) is 4.79 Å². The van der Waals surface area contributed by atoms with E-state index in [1.54, 1.807) is 18.2 Å². The zero-order valence-corrected chi connectivity index (χ0v) is 15.5. The third-order valence-electron chi connectivity index (χ3n) is 4.60. The predicted molar refractivity (Wildman–Crippen MR) is 101 cm³/mol. The van der Waals surface area contributed by atoms with Crippen molar-refractivity contribution in [3.63, 3.8) is 0 Å². The molecule has 2 aliphatic rings. The Kier molecular flexibility index (Phi) is 3.94. The Morgan fingerprint density at radius 3 is 2.74 bits per heavy atom. The summed E-state index contributed by atoms with van der Waals surface area (Å²) in [5.74, 6) is 0.311. The maximum atomic E-state index is 14.1. The lowest BCUT2D eigenvalue weighted by atomic mass is 9.78. The smallest absolute Gasteiger partial charge is 0.268 e. The van der Waals surface area contributed by atoms with E-state index in [-0.39, 0.29) is 17.3 Å². The van der Waals surface area contributed by atoms with Crippen LogP contribution in [0.15, 0.2) is 24.4 Å². The van der Waals surface area contributed by atoms with Crippen LogP contribution in [-0.2, 0) is 4.79 Å². The van der Waals surface area contributed by atoms with Gasteiger partial charge in [-0.25, -0.2) is 9.37 Å². The molecule has 8 heteroatoms. The van der Waals surface area contributed by atoms with Gasteiger partial charge in [-0.1, -0.05) is 0 Å². The first-order valence-electron chi connectivity index (χ1n) is 8.96. The number of anilines is 4. The average Bonchev–Trinajstić information content (AvgIpc) is 2.54. The van der Waals surface area contributed by atoms with E-state index in [0.717, 1.165) is 25.5 Å². The van der Waals surface area contributed by atoms with Crippen molar-refractivity contribution in [1.82, 2.24) is 9.97 Å². The van der Waals surface area contributed by atoms with Crippen molar-refractivity contribution in [2.24, 2.45) is 0 Å². The molecule has 1 amide bonds. The van der Waals surface area contributed by atoms with Gasteiger partial charge in [0, 0.05) is 11.2 Å². The number of ether oxygens (including phenoxy) is 1. The Hall–Kier alpha value is -2.90. The lowest BCUT2D eigenvalue weighted by Crippen LogP contribution is -2.55. The SMILES string of the molecule is CC(C)(C)Nc1ncc(F)c(Nc2ccc3c(c2)NC(=O)C2(CCC2)O3)n1. The van der Waals surface area contributed by atoms with Crippen LogP contribution in [-0.4, -0.2) is 27.0 Å². The lowest BCUT2D eigenvalue weighted by molar-refractivity contribution is -0.139. The molecule has 1 aliphatic heterocycles. The fourth-order valence-corrected chi connectivity index (χ4v) is 3.10. The second-order valence-electron chi connectivity index (χ2n) is 8.01. The number of carbonyl (C=O) groups is 1. The number of hydrogen-bond donors (Lipinski definition) is 3. The second-order valence-corrected chi connectivity index (χ2v) is 8.01. The van der Waals surface area contributed by atoms with Gasteiger partial charge in [0.2, 0.25) is 5.95 Å². The van der Waals surface area contributed by atoms with Crippen molar-refractivity contribution in [1.29, 1.82) is 0 Å². The monoisotopic (exact) mass is 371 g/mol. The van der Waals surface area contributed by atoms with Crippen LogP contribution in [0, 0.1) is 5.82 Å². The van der Waals surface area contributed by atoms with Crippen molar-refractivity contribution in [3.05, 3.63) is 30.2 Å². The zero-order valence-electron chi connectivity index (χ0n) is 15.5. The van der Waals surface area contributed by atoms with Crippen LogP contribution in [0.4, 0.5) is 27.5 Å². The summed E-state index contributed by atoms with van der Waals surface area (Å²) in [5, 5.41) is 8.94. The van der Waals surface area contributed by atoms with Gasteiger partial charge in [0.15, 0.2) is 17.2 Å². The van der Waals surface area contributed by atoms with E-state index in [2.05, 4.69) is 25.9 Å². The number of aromatic nitrogens is 2. The van der Waals surface area contributed by atoms with Crippen molar-refractivity contribution in [2.75, 3.05) is 16.0 Å². The van der Waals surface area contributed by atoms with E-state index in [0.29, 0.717) is 23.1 Å². The molecule has 0 saturated heterocycles. The minimum absolute atomic E-state index is 0.0511. The molecule has 2 heterocycles. The molecule has 3 N–H and O–H groups in total. The summed E-state index contributed by atoms with van der Waals surface area (Å²) in [6.45, 7) is 5.90. The molecule has 0 unspecified atom stereocenters. The van der Waals surface area contributed by atoms with Crippen LogP contribution >= 0.6 is 0 Å². The highest BCUT2D eigenvalue weighted by atomic mass is 19.1. The van der Waals surface area contributed by atoms with Crippen LogP contribution < -0.4 is 20.7 Å². The highest BCUT2D eigenvalue weighted by molar-refractivity contribution is 6.01. The summed E-state index contributed by atoms with van der Waals surface area (Å²) < 4.78 is 20.1. The minimum Gasteiger partial charge on any atom is -0.475 e. The van der Waals surface area contributed by atoms with Gasteiger partial charge in [0.05, 0.1) is 11.9 Å². The first-order valence-corrected chi connectivity index (χ1v) is 8.96. The van der Waals surface area contributed by atoms with Crippen molar-refractivity contribution in [3.8, 4) is 5.75 Å². The number of fused-ring (bicyclic) bond motifs is 1. The molecule has 4 rings (SSSR count). The van der Waals surface area contributed by atoms with Gasteiger partial charge in [0.1, 0.15) is 5.75 Å². The summed E-state index contributed by atoms with van der Waals surface area (Å²) >= 11 is 0. The molecule has 0 atom stereocenters. The van der Waals surface area contributed by atoms with Crippen LogP contribution in [0.3, 0.4) is 0 Å². The first kappa shape index (κ1) is 17.5. The molecule has 1 aliphatic carbocycles. The maximum absolute atomic E-state index is 14.1. The summed E-state index contributed by atoms with van der Waals surface area (Å²) in [7, 11) is 0. The lowest BCUT2D eigenvalue weighted by Gasteiger charge is -2.43. The highest BCUT2D eigenvalue weighted by Crippen LogP contribution is 2.44. The Balaban J connectivity index is 1.56. The third-order valence-corrected chi connectivity index (χ3v) is 4.60. The zero-order chi connectivity index (χ0) is 19.2. The molecule has 27 heavy (non-hydrogen) atoms. The Morgan fingerprint density at radius 2 is 2.07 bits per heavy atom. The summed E-state index contributed by atoms with van der Waals surface area (Å²) in [4.78, 5) is 20.5. The van der Waals surface area contributed by atoms with Crippen LogP contribution in [0.5, 0.6) is 5.75 Å². The summed E-state index contributed by atoms with van der Waals surface area (Å²) in [6.07, 6.45) is 3.56. The Morgan fingerprint density at radius 1 is 1.30 bits per heavy atom. The molecule has 1 saturated carbocycles. The number of carbonyl (C=O) groups excluding carboxylic acids is 1. The van der Waals surface area contributed by atoms with E-state index < -0.39 is 11.4 Å². The molecular formula is C19H22FN5O2. The number of amides is 1. The normalized spacial score (nSPS) is 17.4. The van der Waals surface area contributed by atoms with Gasteiger partial charge in [-0.05, 0) is 58.2 Å². The molecule has 1 spiro atoms. The molecule has 1 aromatic heterocycles. The molecule has 1 aromatic carbocycles. The van der Waals surface area contributed by atoms with E-state index in [1.807, 2.05) is 20.8 Å². The number of nitrogens with one attached hydrogen (secondary N) is 3. The molecule has 142 valence electrons. The van der Waals surface area contributed by atoms with Gasteiger partial charge >= 0.3 is 0 Å². The summed E-state index contributed by atoms with van der Waals surface area (Å²) in [5.41, 5.74) is 0.181. The standard InChI is InChI=1S/C19H22FN5O2/c1-18(2,3)25-17-21-10-12(20)15(24-17)22-11-5-6-14-13(9-11)23-16(26)19(27-14)7-4-8-19/h5-6,9-10H,4,7-8H2,1-3H3,(H,23,26)(H2,21,22,24,25). The van der Waals surface area contributed by atoms with E-state index in [9.17, 15) is 9.18 Å². The van der Waals surface area contributed by atoms with E-state index >= 15 is 0 Å². The predicted octanol–water partition coefficient (Wildman–Crippen LogP) is 3.82. The number of nitrogens with zero attached hydrogens (tertiary/aromatic N) is 2. The average molecular weight is 371 g/mol. The van der Waals surface area contributed by atoms with Crippen molar-refractivity contribution in [2.45, 2.75) is 51.2 Å². The van der Waals surface area contributed by atoms with Crippen molar-refractivity contribution >= 4 is 29.0 Å². The minimum atomic E-state index is -0.714. The molecule has 0 bridgehead atoms. The number of benzene rings is 1. The number of hydrogen-bond acceptors (Lipinski definition) is 6. The quantitative estimate of drug-likeness (QED) is 0.760. The van der Waals surface area contributed by atoms with E-state index in [4.69, 9.17) is 4.74 Å². The topological polar surface area (TPSA) is 88.2 Å². The maximum Gasteiger partial charge on any atom is 0.268 e. The Bertz CT molecular complexity index is 905. The third kappa shape index (κ3) is 3.39. The van der Waals surface area contributed by atoms with Crippen LogP contribution in [0.25, 0.3) is 0 Å². The Labute approximate surface area is 156 Å². The van der Waals surface area contributed by atoms with Crippen molar-refractivity contribution < 1.29 is 13.9 Å². The van der Waals surface area contributed by atoms with Gasteiger partial charge in [-0.2, -0.15) is 4.98 Å². The largest absolute Gasteiger partial charge is 0.475 e. The fraction of sp³-hybridized carbons (Fsp3) is 0.421. The number of halogens is 1. The van der Waals surface area contributed by atoms with Gasteiger partial charge < -0.3 is 20.7 Å². The van der Waals surface area contributed by atoms with E-state index in [1.165, 1.54) is 0 Å². The molecule has 1 fully saturated rings. The van der Waals surface area contributed by atoms with Crippen LogP contribution in [0.2, 0.25) is 0 Å². The van der Waals surface area contributed by atoms with Gasteiger partial charge in [0.25, 0.3) is 5.91 Å². The van der Waals surface area contributed by atoms with Gasteiger partial charge in [-0.15, -0.1) is 0 Å². The fourth-order valence-electron chi connectivity index (χ4n) is 3.10. The first-order chi connectivity index (χ1) is 12.7. The highest BCUT2D eigenvalue weighted by Gasteiger charge is 2.49. The second kappa shape index (κ2) is 6.07. The molecule has 2 aromatic rings. The summed E-state index contributed by atoms with van der Waals surface area (Å²) in [6, 6.07) is 5.24. The molecular weight excluding hydrogens is 349 g/mol. The molecule has 7 nitrogen and oxygen atoms in total. The molecule has 0 radical (unpaired) electrons.